The summed E-state index contributed by atoms with van der Waals surface area (Å²) >= 11 is 9.21. The Morgan fingerprint density at radius 1 is 1.44 bits per heavy atom. The van der Waals surface area contributed by atoms with Crippen LogP contribution in [0.25, 0.3) is 10.0 Å². The minimum atomic E-state index is 0.416. The predicted molar refractivity (Wildman–Crippen MR) is 77.6 cm³/mol. The zero-order chi connectivity index (χ0) is 12.5. The summed E-state index contributed by atoms with van der Waals surface area (Å²) in [6, 6.07) is 0.416. The number of nitrogens with zero attached hydrogens (tertiary/aromatic N) is 2. The summed E-state index contributed by atoms with van der Waals surface area (Å²) in [6.45, 7) is 3.13. The van der Waals surface area contributed by atoms with E-state index in [1.54, 1.807) is 17.5 Å². The van der Waals surface area contributed by atoms with Crippen LogP contribution in [0.1, 0.15) is 36.4 Å². The van der Waals surface area contributed by atoms with Crippen LogP contribution in [-0.2, 0) is 6.42 Å². The van der Waals surface area contributed by atoms with E-state index in [9.17, 15) is 0 Å². The van der Waals surface area contributed by atoms with Crippen molar-refractivity contribution < 1.29 is 0 Å². The lowest BCUT2D eigenvalue weighted by molar-refractivity contribution is 0.465. The minimum absolute atomic E-state index is 0.416. The van der Waals surface area contributed by atoms with Crippen LogP contribution in [0, 0.1) is 0 Å². The van der Waals surface area contributed by atoms with Gasteiger partial charge in [-0.2, -0.15) is 0 Å². The number of fused-ring (bicyclic) bond motifs is 1. The average molecular weight is 300 g/mol. The van der Waals surface area contributed by atoms with Crippen LogP contribution in [0.5, 0.6) is 0 Å². The van der Waals surface area contributed by atoms with Crippen molar-refractivity contribution in [3.63, 3.8) is 0 Å². The van der Waals surface area contributed by atoms with Crippen molar-refractivity contribution in [2.45, 2.75) is 32.2 Å². The quantitative estimate of drug-likeness (QED) is 0.934. The summed E-state index contributed by atoms with van der Waals surface area (Å²) in [4.78, 5) is 10.5. The van der Waals surface area contributed by atoms with Crippen LogP contribution in [0.2, 0.25) is 4.34 Å². The van der Waals surface area contributed by atoms with Gasteiger partial charge in [0.05, 0.1) is 17.9 Å². The molecule has 0 saturated carbocycles. The van der Waals surface area contributed by atoms with Gasteiger partial charge in [0.1, 0.15) is 4.34 Å². The van der Waals surface area contributed by atoms with Gasteiger partial charge in [0, 0.05) is 4.88 Å². The van der Waals surface area contributed by atoms with E-state index in [2.05, 4.69) is 17.2 Å². The molecule has 0 amide bonds. The first kappa shape index (κ1) is 12.5. The van der Waals surface area contributed by atoms with Gasteiger partial charge in [-0.1, -0.05) is 29.9 Å². The van der Waals surface area contributed by atoms with E-state index in [1.807, 2.05) is 0 Å². The minimum Gasteiger partial charge on any atom is -0.309 e. The van der Waals surface area contributed by atoms with Crippen molar-refractivity contribution in [2.24, 2.45) is 0 Å². The number of nitrogens with one attached hydrogen (secondary N) is 1. The van der Waals surface area contributed by atoms with Gasteiger partial charge >= 0.3 is 0 Å². The third kappa shape index (κ3) is 2.32. The molecule has 1 aliphatic rings. The predicted octanol–water partition coefficient (Wildman–Crippen LogP) is 3.91. The second kappa shape index (κ2) is 5.25. The van der Waals surface area contributed by atoms with Crippen LogP contribution in [0.15, 0.2) is 6.20 Å². The number of thiazole rings is 2. The van der Waals surface area contributed by atoms with Gasteiger partial charge in [-0.15, -0.1) is 11.3 Å². The highest BCUT2D eigenvalue weighted by Crippen LogP contribution is 2.38. The topological polar surface area (TPSA) is 37.8 Å². The molecule has 1 unspecified atom stereocenters. The standard InChI is InChI=1S/C12H14ClN3S2/c1-2-14-7-4-3-5-8-10(7)16-12(17-8)11-15-6-9(13)18-11/h6-7,14H,2-5H2,1H3. The molecule has 3 rings (SSSR count). The maximum Gasteiger partial charge on any atom is 0.153 e. The van der Waals surface area contributed by atoms with Gasteiger partial charge in [0.15, 0.2) is 10.0 Å². The first-order chi connectivity index (χ1) is 8.78. The van der Waals surface area contributed by atoms with E-state index in [0.29, 0.717) is 6.04 Å². The highest BCUT2D eigenvalue weighted by Gasteiger charge is 2.25. The molecule has 96 valence electrons. The summed E-state index contributed by atoms with van der Waals surface area (Å²) in [5.74, 6) is 0. The van der Waals surface area contributed by atoms with E-state index in [0.717, 1.165) is 27.3 Å². The van der Waals surface area contributed by atoms with Crippen LogP contribution in [-0.4, -0.2) is 16.5 Å². The number of aryl methyl sites for hydroxylation is 1. The van der Waals surface area contributed by atoms with Gasteiger partial charge in [-0.3, -0.25) is 0 Å². The molecule has 2 heterocycles. The summed E-state index contributed by atoms with van der Waals surface area (Å²) in [5, 5.41) is 5.47. The van der Waals surface area contributed by atoms with Crippen molar-refractivity contribution in [1.82, 2.24) is 15.3 Å². The Morgan fingerprint density at radius 3 is 3.06 bits per heavy atom. The number of hydrogen-bond donors (Lipinski definition) is 1. The van der Waals surface area contributed by atoms with Gasteiger partial charge in [0.25, 0.3) is 0 Å². The Labute approximate surface area is 119 Å². The van der Waals surface area contributed by atoms with Gasteiger partial charge < -0.3 is 5.32 Å². The smallest absolute Gasteiger partial charge is 0.153 e. The normalized spacial score (nSPS) is 18.9. The maximum absolute atomic E-state index is 5.94. The Bertz CT molecular complexity index is 549. The average Bonchev–Trinajstić information content (AvgIpc) is 2.95. The molecule has 6 heteroatoms. The van der Waals surface area contributed by atoms with Gasteiger partial charge in [-0.05, 0) is 25.8 Å². The van der Waals surface area contributed by atoms with E-state index >= 15 is 0 Å². The second-order valence-electron chi connectivity index (χ2n) is 4.30. The van der Waals surface area contributed by atoms with Crippen LogP contribution < -0.4 is 5.32 Å². The molecule has 2 aromatic heterocycles. The molecule has 0 saturated heterocycles. The van der Waals surface area contributed by atoms with Crippen molar-refractivity contribution in [3.05, 3.63) is 21.1 Å². The monoisotopic (exact) mass is 299 g/mol. The summed E-state index contributed by atoms with van der Waals surface area (Å²) < 4.78 is 0.724. The molecular weight excluding hydrogens is 286 g/mol. The van der Waals surface area contributed by atoms with E-state index in [-0.39, 0.29) is 0 Å². The lowest BCUT2D eigenvalue weighted by Crippen LogP contribution is -2.24. The fraction of sp³-hybridized carbons (Fsp3) is 0.500. The number of aromatic nitrogens is 2. The van der Waals surface area contributed by atoms with Crippen LogP contribution in [0.3, 0.4) is 0 Å². The molecule has 3 nitrogen and oxygen atoms in total. The van der Waals surface area contributed by atoms with Crippen molar-refractivity contribution in [3.8, 4) is 10.0 Å². The van der Waals surface area contributed by atoms with Crippen LogP contribution >= 0.6 is 34.3 Å². The third-order valence-electron chi connectivity index (χ3n) is 3.07. The Hall–Kier alpha value is -0.490. The zero-order valence-electron chi connectivity index (χ0n) is 10.1. The largest absolute Gasteiger partial charge is 0.309 e. The fourth-order valence-corrected chi connectivity index (χ4v) is 4.41. The SMILES string of the molecule is CCNC1CCCc2sc(-c3ncc(Cl)s3)nc21. The lowest BCUT2D eigenvalue weighted by atomic mass is 9.98. The van der Waals surface area contributed by atoms with Crippen molar-refractivity contribution in [2.75, 3.05) is 6.54 Å². The molecule has 1 N–H and O–H groups in total. The molecule has 0 bridgehead atoms. The van der Waals surface area contributed by atoms with Gasteiger partial charge in [-0.25, -0.2) is 9.97 Å². The van der Waals surface area contributed by atoms with E-state index < -0.39 is 0 Å². The molecular formula is C12H14ClN3S2. The molecule has 0 fully saturated rings. The highest BCUT2D eigenvalue weighted by atomic mass is 35.5. The number of hydrogen-bond acceptors (Lipinski definition) is 5. The third-order valence-corrected chi connectivity index (χ3v) is 5.45. The summed E-state index contributed by atoms with van der Waals surface area (Å²) in [5.41, 5.74) is 1.23. The zero-order valence-corrected chi connectivity index (χ0v) is 12.5. The summed E-state index contributed by atoms with van der Waals surface area (Å²) in [6.07, 6.45) is 5.27. The molecule has 1 atom stereocenters. The fourth-order valence-electron chi connectivity index (χ4n) is 2.31. The molecule has 0 aliphatic heterocycles. The number of halogens is 1. The first-order valence-corrected chi connectivity index (χ1v) is 8.13. The van der Waals surface area contributed by atoms with E-state index in [1.165, 1.54) is 34.7 Å². The van der Waals surface area contributed by atoms with Crippen molar-refractivity contribution in [1.29, 1.82) is 0 Å². The second-order valence-corrected chi connectivity index (χ2v) is 7.05. The molecule has 2 aromatic rings. The maximum atomic E-state index is 5.94. The van der Waals surface area contributed by atoms with E-state index in [4.69, 9.17) is 16.6 Å². The molecule has 1 aliphatic carbocycles. The number of rotatable bonds is 3. The Morgan fingerprint density at radius 2 is 2.33 bits per heavy atom. The first-order valence-electron chi connectivity index (χ1n) is 6.12. The molecule has 18 heavy (non-hydrogen) atoms. The molecule has 0 radical (unpaired) electrons. The molecule has 0 aromatic carbocycles. The Kier molecular flexibility index (Phi) is 3.66. The lowest BCUT2D eigenvalue weighted by Gasteiger charge is -2.21. The molecule has 0 spiro atoms. The van der Waals surface area contributed by atoms with Crippen LogP contribution in [0.4, 0.5) is 0 Å². The van der Waals surface area contributed by atoms with Crippen molar-refractivity contribution >= 4 is 34.3 Å². The summed E-state index contributed by atoms with van der Waals surface area (Å²) in [7, 11) is 0. The van der Waals surface area contributed by atoms with Gasteiger partial charge in [0.2, 0.25) is 0 Å². The highest BCUT2D eigenvalue weighted by molar-refractivity contribution is 7.23. The Balaban J connectivity index is 1.95.